The van der Waals surface area contributed by atoms with Gasteiger partial charge in [0.05, 0.1) is 18.2 Å². The van der Waals surface area contributed by atoms with Crippen molar-refractivity contribution < 1.29 is 5.11 Å². The number of hydrogen-bond acceptors (Lipinski definition) is 3. The lowest BCUT2D eigenvalue weighted by molar-refractivity contribution is 0.174. The quantitative estimate of drug-likeness (QED) is 0.710. The Bertz CT molecular complexity index is 498. The molecule has 0 saturated heterocycles. The third-order valence-corrected chi connectivity index (χ3v) is 1.99. The molecule has 0 spiro atoms. The van der Waals surface area contributed by atoms with E-state index in [4.69, 9.17) is 0 Å². The summed E-state index contributed by atoms with van der Waals surface area (Å²) in [6.45, 7) is 1.92. The highest BCUT2D eigenvalue weighted by Crippen LogP contribution is 2.05. The SMILES string of the molecule is CC(O)Cn1c(=O)[nH]c2ncccc21. The predicted molar refractivity (Wildman–Crippen MR) is 52.0 cm³/mol. The fraction of sp³-hybridized carbons (Fsp3) is 0.333. The second kappa shape index (κ2) is 3.26. The summed E-state index contributed by atoms with van der Waals surface area (Å²) in [5.74, 6) is 0. The molecule has 0 bridgehead atoms. The smallest absolute Gasteiger partial charge is 0.327 e. The Morgan fingerprint density at radius 1 is 1.71 bits per heavy atom. The topological polar surface area (TPSA) is 70.9 Å². The van der Waals surface area contributed by atoms with Gasteiger partial charge >= 0.3 is 5.69 Å². The molecule has 0 amide bonds. The number of hydrogen-bond donors (Lipinski definition) is 2. The second-order valence-electron chi connectivity index (χ2n) is 3.26. The summed E-state index contributed by atoms with van der Waals surface area (Å²) in [5.41, 5.74) is 1.04. The van der Waals surface area contributed by atoms with Crippen LogP contribution in [-0.4, -0.2) is 25.7 Å². The predicted octanol–water partition coefficient (Wildman–Crippen LogP) is 0.105. The lowest BCUT2D eigenvalue weighted by Gasteiger charge is -2.04. The van der Waals surface area contributed by atoms with Gasteiger partial charge in [-0.05, 0) is 19.1 Å². The maximum Gasteiger partial charge on any atom is 0.327 e. The molecule has 5 heteroatoms. The van der Waals surface area contributed by atoms with Gasteiger partial charge in [0.1, 0.15) is 0 Å². The van der Waals surface area contributed by atoms with Crippen LogP contribution in [0.2, 0.25) is 0 Å². The van der Waals surface area contributed by atoms with Crippen LogP contribution in [0.25, 0.3) is 11.2 Å². The minimum atomic E-state index is -0.549. The first-order valence-electron chi connectivity index (χ1n) is 4.40. The zero-order valence-electron chi connectivity index (χ0n) is 7.77. The molecule has 2 aromatic heterocycles. The van der Waals surface area contributed by atoms with Crippen LogP contribution in [0.3, 0.4) is 0 Å². The van der Waals surface area contributed by atoms with E-state index in [2.05, 4.69) is 9.97 Å². The van der Waals surface area contributed by atoms with Crippen LogP contribution < -0.4 is 5.69 Å². The van der Waals surface area contributed by atoms with Crippen LogP contribution in [0.5, 0.6) is 0 Å². The molecule has 1 atom stereocenters. The molecule has 0 aliphatic rings. The van der Waals surface area contributed by atoms with Crippen molar-refractivity contribution >= 4 is 11.2 Å². The first-order valence-corrected chi connectivity index (χ1v) is 4.40. The number of pyridine rings is 1. The van der Waals surface area contributed by atoms with E-state index in [1.807, 2.05) is 0 Å². The van der Waals surface area contributed by atoms with Crippen LogP contribution in [0, 0.1) is 0 Å². The number of H-pyrrole nitrogens is 1. The average Bonchev–Trinajstić information content (AvgIpc) is 2.43. The van der Waals surface area contributed by atoms with E-state index in [-0.39, 0.29) is 12.2 Å². The van der Waals surface area contributed by atoms with E-state index in [9.17, 15) is 9.90 Å². The Labute approximate surface area is 80.0 Å². The van der Waals surface area contributed by atoms with Gasteiger partial charge in [-0.1, -0.05) is 0 Å². The van der Waals surface area contributed by atoms with Crippen molar-refractivity contribution in [3.05, 3.63) is 28.8 Å². The Morgan fingerprint density at radius 3 is 3.21 bits per heavy atom. The number of nitrogens with one attached hydrogen (secondary N) is 1. The zero-order chi connectivity index (χ0) is 10.1. The van der Waals surface area contributed by atoms with E-state index < -0.39 is 6.10 Å². The van der Waals surface area contributed by atoms with Crippen LogP contribution in [-0.2, 0) is 6.54 Å². The van der Waals surface area contributed by atoms with Crippen molar-refractivity contribution in [2.45, 2.75) is 19.6 Å². The first-order chi connectivity index (χ1) is 6.68. The first kappa shape index (κ1) is 8.96. The van der Waals surface area contributed by atoms with Gasteiger partial charge in [0.25, 0.3) is 0 Å². The van der Waals surface area contributed by atoms with E-state index in [0.717, 1.165) is 5.52 Å². The van der Waals surface area contributed by atoms with Gasteiger partial charge in [-0.15, -0.1) is 0 Å². The molecule has 2 N–H and O–H groups in total. The minimum absolute atomic E-state index is 0.236. The highest BCUT2D eigenvalue weighted by atomic mass is 16.3. The lowest BCUT2D eigenvalue weighted by atomic mass is 10.4. The molecule has 2 aromatic rings. The number of imidazole rings is 1. The van der Waals surface area contributed by atoms with Crippen molar-refractivity contribution in [1.82, 2.24) is 14.5 Å². The largest absolute Gasteiger partial charge is 0.392 e. The minimum Gasteiger partial charge on any atom is -0.392 e. The maximum atomic E-state index is 11.4. The molecular formula is C9H11N3O2. The Hall–Kier alpha value is -1.62. The third-order valence-electron chi connectivity index (χ3n) is 1.99. The van der Waals surface area contributed by atoms with Gasteiger partial charge in [0.15, 0.2) is 5.65 Å². The number of rotatable bonds is 2. The number of aromatic amines is 1. The molecular weight excluding hydrogens is 182 g/mol. The molecule has 0 fully saturated rings. The van der Waals surface area contributed by atoms with Crippen molar-refractivity contribution in [2.75, 3.05) is 0 Å². The summed E-state index contributed by atoms with van der Waals surface area (Å²) in [6.07, 6.45) is 1.07. The number of fused-ring (bicyclic) bond motifs is 1. The van der Waals surface area contributed by atoms with Gasteiger partial charge in [-0.2, -0.15) is 0 Å². The van der Waals surface area contributed by atoms with Crippen LogP contribution in [0.15, 0.2) is 23.1 Å². The fourth-order valence-corrected chi connectivity index (χ4v) is 1.43. The summed E-state index contributed by atoms with van der Waals surface area (Å²) < 4.78 is 1.48. The van der Waals surface area contributed by atoms with Crippen LogP contribution in [0.1, 0.15) is 6.92 Å². The van der Waals surface area contributed by atoms with E-state index in [1.165, 1.54) is 4.57 Å². The Kier molecular flexibility index (Phi) is 2.09. The van der Waals surface area contributed by atoms with E-state index in [1.54, 1.807) is 25.3 Å². The Balaban J connectivity index is 2.62. The van der Waals surface area contributed by atoms with Crippen molar-refractivity contribution in [2.24, 2.45) is 0 Å². The highest BCUT2D eigenvalue weighted by molar-refractivity contribution is 5.70. The van der Waals surface area contributed by atoms with Crippen molar-refractivity contribution in [1.29, 1.82) is 0 Å². The van der Waals surface area contributed by atoms with Crippen molar-refractivity contribution in [3.8, 4) is 0 Å². The number of nitrogens with zero attached hydrogens (tertiary/aromatic N) is 2. The molecule has 0 radical (unpaired) electrons. The van der Waals surface area contributed by atoms with Crippen LogP contribution >= 0.6 is 0 Å². The number of aliphatic hydroxyl groups is 1. The van der Waals surface area contributed by atoms with E-state index >= 15 is 0 Å². The van der Waals surface area contributed by atoms with Crippen LogP contribution in [0.4, 0.5) is 0 Å². The summed E-state index contributed by atoms with van der Waals surface area (Å²) in [7, 11) is 0. The molecule has 2 heterocycles. The average molecular weight is 193 g/mol. The monoisotopic (exact) mass is 193 g/mol. The summed E-state index contributed by atoms with van der Waals surface area (Å²) >= 11 is 0. The molecule has 14 heavy (non-hydrogen) atoms. The van der Waals surface area contributed by atoms with Gasteiger partial charge in [0.2, 0.25) is 0 Å². The lowest BCUT2D eigenvalue weighted by Crippen LogP contribution is -2.22. The standard InChI is InChI=1S/C9H11N3O2/c1-6(13)5-12-7-3-2-4-10-8(7)11-9(12)14/h2-4,6,13H,5H2,1H3,(H,10,11,14). The molecule has 0 aromatic carbocycles. The van der Waals surface area contributed by atoms with Gasteiger partial charge in [0, 0.05) is 6.20 Å². The normalized spacial score (nSPS) is 13.3. The molecule has 0 aliphatic carbocycles. The van der Waals surface area contributed by atoms with Gasteiger partial charge < -0.3 is 5.11 Å². The van der Waals surface area contributed by atoms with E-state index in [0.29, 0.717) is 5.65 Å². The number of aliphatic hydroxyl groups excluding tert-OH is 1. The molecule has 5 nitrogen and oxygen atoms in total. The third kappa shape index (κ3) is 1.42. The molecule has 0 aliphatic heterocycles. The van der Waals surface area contributed by atoms with Gasteiger partial charge in [-0.25, -0.2) is 9.78 Å². The van der Waals surface area contributed by atoms with Crippen molar-refractivity contribution in [3.63, 3.8) is 0 Å². The highest BCUT2D eigenvalue weighted by Gasteiger charge is 2.08. The Morgan fingerprint density at radius 2 is 2.50 bits per heavy atom. The summed E-state index contributed by atoms with van der Waals surface area (Å²) in [4.78, 5) is 18.1. The molecule has 2 rings (SSSR count). The second-order valence-corrected chi connectivity index (χ2v) is 3.26. The van der Waals surface area contributed by atoms with Gasteiger partial charge in [-0.3, -0.25) is 9.55 Å². The molecule has 0 saturated carbocycles. The zero-order valence-corrected chi connectivity index (χ0v) is 7.77. The molecule has 74 valence electrons. The maximum absolute atomic E-state index is 11.4. The fourth-order valence-electron chi connectivity index (χ4n) is 1.43. The summed E-state index contributed by atoms with van der Waals surface area (Å²) in [6, 6.07) is 3.55. The summed E-state index contributed by atoms with van der Waals surface area (Å²) in [5, 5.41) is 9.21. The number of aromatic nitrogens is 3. The molecule has 1 unspecified atom stereocenters.